The minimum absolute atomic E-state index is 0.0102. The molecular weight excluding hydrogens is 302 g/mol. The summed E-state index contributed by atoms with van der Waals surface area (Å²) < 4.78 is 5.46. The number of benzene rings is 2. The second-order valence-electron chi connectivity index (χ2n) is 6.88. The van der Waals surface area contributed by atoms with Gasteiger partial charge in [-0.1, -0.05) is 32.9 Å². The number of carboxylic acid groups (broad SMARTS) is 1. The smallest absolute Gasteiger partial charge is 0.303 e. The number of hydrogen-bond donors (Lipinski definition) is 2. The van der Waals surface area contributed by atoms with Crippen LogP contribution in [0.1, 0.15) is 38.3 Å². The SMILES string of the molecule is COc1ccc(Nc2ccc(CCC(=O)O)cc2)cc1C(C)(C)C. The lowest BCUT2D eigenvalue weighted by atomic mass is 9.86. The molecule has 0 aliphatic carbocycles. The third-order valence-corrected chi connectivity index (χ3v) is 3.88. The Morgan fingerprint density at radius 3 is 2.25 bits per heavy atom. The van der Waals surface area contributed by atoms with E-state index in [2.05, 4.69) is 32.2 Å². The third-order valence-electron chi connectivity index (χ3n) is 3.88. The van der Waals surface area contributed by atoms with Crippen LogP contribution in [-0.2, 0) is 16.6 Å². The van der Waals surface area contributed by atoms with Gasteiger partial charge in [0, 0.05) is 23.4 Å². The van der Waals surface area contributed by atoms with Crippen LogP contribution in [-0.4, -0.2) is 18.2 Å². The average Bonchev–Trinajstić information content (AvgIpc) is 2.53. The van der Waals surface area contributed by atoms with E-state index in [1.807, 2.05) is 36.4 Å². The number of ether oxygens (including phenoxy) is 1. The zero-order chi connectivity index (χ0) is 17.7. The highest BCUT2D eigenvalue weighted by atomic mass is 16.5. The van der Waals surface area contributed by atoms with Crippen molar-refractivity contribution in [3.63, 3.8) is 0 Å². The number of nitrogens with one attached hydrogen (secondary N) is 1. The Kier molecular flexibility index (Phi) is 5.50. The van der Waals surface area contributed by atoms with Gasteiger partial charge in [0.15, 0.2) is 0 Å². The lowest BCUT2D eigenvalue weighted by Gasteiger charge is -2.23. The lowest BCUT2D eigenvalue weighted by Crippen LogP contribution is -2.13. The molecule has 4 nitrogen and oxygen atoms in total. The Balaban J connectivity index is 2.15. The van der Waals surface area contributed by atoms with Gasteiger partial charge in [-0.15, -0.1) is 0 Å². The van der Waals surface area contributed by atoms with Crippen LogP contribution >= 0.6 is 0 Å². The maximum atomic E-state index is 10.6. The molecule has 0 atom stereocenters. The summed E-state index contributed by atoms with van der Waals surface area (Å²) in [5.41, 5.74) is 4.13. The number of carboxylic acids is 1. The van der Waals surface area contributed by atoms with Gasteiger partial charge >= 0.3 is 5.97 Å². The molecule has 24 heavy (non-hydrogen) atoms. The highest BCUT2D eigenvalue weighted by Gasteiger charge is 2.19. The number of aryl methyl sites for hydroxylation is 1. The summed E-state index contributed by atoms with van der Waals surface area (Å²) in [6, 6.07) is 13.9. The highest BCUT2D eigenvalue weighted by molar-refractivity contribution is 5.67. The molecule has 0 unspecified atom stereocenters. The maximum absolute atomic E-state index is 10.6. The van der Waals surface area contributed by atoms with Crippen molar-refractivity contribution in [1.29, 1.82) is 0 Å². The Morgan fingerprint density at radius 1 is 1.08 bits per heavy atom. The van der Waals surface area contributed by atoms with Crippen LogP contribution < -0.4 is 10.1 Å². The molecule has 0 aliphatic rings. The molecule has 0 bridgehead atoms. The molecule has 4 heteroatoms. The van der Waals surface area contributed by atoms with Gasteiger partial charge in [0.2, 0.25) is 0 Å². The van der Waals surface area contributed by atoms with E-state index in [0.717, 1.165) is 28.3 Å². The fourth-order valence-electron chi connectivity index (χ4n) is 2.54. The van der Waals surface area contributed by atoms with Crippen LogP contribution in [0.3, 0.4) is 0 Å². The van der Waals surface area contributed by atoms with E-state index in [4.69, 9.17) is 9.84 Å². The summed E-state index contributed by atoms with van der Waals surface area (Å²) in [5, 5.41) is 12.1. The summed E-state index contributed by atoms with van der Waals surface area (Å²) in [4.78, 5) is 10.6. The molecule has 0 aliphatic heterocycles. The zero-order valence-corrected chi connectivity index (χ0v) is 14.7. The minimum atomic E-state index is -0.773. The number of methoxy groups -OCH3 is 1. The van der Waals surface area contributed by atoms with Crippen LogP contribution in [0.15, 0.2) is 42.5 Å². The van der Waals surface area contributed by atoms with Crippen molar-refractivity contribution in [2.45, 2.75) is 39.0 Å². The Hall–Kier alpha value is -2.49. The quantitative estimate of drug-likeness (QED) is 0.803. The summed E-state index contributed by atoms with van der Waals surface area (Å²) in [7, 11) is 1.69. The summed E-state index contributed by atoms with van der Waals surface area (Å²) >= 11 is 0. The second kappa shape index (κ2) is 7.39. The number of anilines is 2. The van der Waals surface area contributed by atoms with Crippen LogP contribution in [0.4, 0.5) is 11.4 Å². The van der Waals surface area contributed by atoms with Crippen LogP contribution in [0, 0.1) is 0 Å². The van der Waals surface area contributed by atoms with Crippen molar-refractivity contribution in [3.8, 4) is 5.75 Å². The summed E-state index contributed by atoms with van der Waals surface area (Å²) in [5.74, 6) is 0.113. The molecule has 2 N–H and O–H groups in total. The molecule has 0 saturated carbocycles. The van der Waals surface area contributed by atoms with Crippen LogP contribution in [0.2, 0.25) is 0 Å². The van der Waals surface area contributed by atoms with Crippen molar-refractivity contribution < 1.29 is 14.6 Å². The van der Waals surface area contributed by atoms with E-state index in [9.17, 15) is 4.79 Å². The van der Waals surface area contributed by atoms with E-state index in [0.29, 0.717) is 6.42 Å². The predicted molar refractivity (Wildman–Crippen MR) is 97.4 cm³/mol. The first kappa shape index (κ1) is 17.9. The monoisotopic (exact) mass is 327 g/mol. The molecule has 0 spiro atoms. The van der Waals surface area contributed by atoms with Gasteiger partial charge in [0.1, 0.15) is 5.75 Å². The Bertz CT molecular complexity index is 700. The van der Waals surface area contributed by atoms with Gasteiger partial charge in [-0.2, -0.15) is 0 Å². The van der Waals surface area contributed by atoms with Crippen LogP contribution in [0.5, 0.6) is 5.75 Å². The van der Waals surface area contributed by atoms with E-state index < -0.39 is 5.97 Å². The standard InChI is InChI=1S/C20H25NO3/c1-20(2,3)17-13-16(10-11-18(17)24-4)21-15-8-5-14(6-9-15)7-12-19(22)23/h5-6,8-11,13,21H,7,12H2,1-4H3,(H,22,23). The molecule has 2 aromatic rings. The van der Waals surface area contributed by atoms with Gasteiger partial charge in [-0.05, 0) is 47.7 Å². The lowest BCUT2D eigenvalue weighted by molar-refractivity contribution is -0.136. The van der Waals surface area contributed by atoms with Crippen molar-refractivity contribution in [2.24, 2.45) is 0 Å². The molecule has 128 valence electrons. The van der Waals surface area contributed by atoms with Gasteiger partial charge in [-0.25, -0.2) is 0 Å². The first-order chi connectivity index (χ1) is 11.3. The molecule has 0 aromatic heterocycles. The van der Waals surface area contributed by atoms with Gasteiger partial charge in [0.05, 0.1) is 7.11 Å². The fraction of sp³-hybridized carbons (Fsp3) is 0.350. The number of hydrogen-bond acceptors (Lipinski definition) is 3. The number of carbonyl (C=O) groups is 1. The molecule has 2 aromatic carbocycles. The molecule has 0 fully saturated rings. The predicted octanol–water partition coefficient (Wildman–Crippen LogP) is 4.75. The summed E-state index contributed by atoms with van der Waals surface area (Å²) in [6.07, 6.45) is 0.701. The molecule has 0 radical (unpaired) electrons. The Labute approximate surface area is 143 Å². The first-order valence-electron chi connectivity index (χ1n) is 8.06. The summed E-state index contributed by atoms with van der Waals surface area (Å²) in [6.45, 7) is 6.48. The molecule has 0 heterocycles. The largest absolute Gasteiger partial charge is 0.496 e. The fourth-order valence-corrected chi connectivity index (χ4v) is 2.54. The van der Waals surface area contributed by atoms with E-state index >= 15 is 0 Å². The second-order valence-corrected chi connectivity index (χ2v) is 6.88. The number of aliphatic carboxylic acids is 1. The van der Waals surface area contributed by atoms with Gasteiger partial charge in [-0.3, -0.25) is 4.79 Å². The van der Waals surface area contributed by atoms with Crippen molar-refractivity contribution in [3.05, 3.63) is 53.6 Å². The first-order valence-corrected chi connectivity index (χ1v) is 8.06. The molecule has 0 saturated heterocycles. The molecule has 2 rings (SSSR count). The minimum Gasteiger partial charge on any atom is -0.496 e. The highest BCUT2D eigenvalue weighted by Crippen LogP contribution is 2.34. The molecular formula is C20H25NO3. The van der Waals surface area contributed by atoms with E-state index in [-0.39, 0.29) is 11.8 Å². The average molecular weight is 327 g/mol. The Morgan fingerprint density at radius 2 is 1.71 bits per heavy atom. The van der Waals surface area contributed by atoms with Crippen LogP contribution in [0.25, 0.3) is 0 Å². The van der Waals surface area contributed by atoms with Crippen molar-refractivity contribution in [2.75, 3.05) is 12.4 Å². The topological polar surface area (TPSA) is 58.6 Å². The van der Waals surface area contributed by atoms with E-state index in [1.165, 1.54) is 0 Å². The normalized spacial score (nSPS) is 11.2. The molecule has 0 amide bonds. The van der Waals surface area contributed by atoms with Crippen molar-refractivity contribution in [1.82, 2.24) is 0 Å². The maximum Gasteiger partial charge on any atom is 0.303 e. The van der Waals surface area contributed by atoms with E-state index in [1.54, 1.807) is 7.11 Å². The zero-order valence-electron chi connectivity index (χ0n) is 14.7. The van der Waals surface area contributed by atoms with Gasteiger partial charge in [0.25, 0.3) is 0 Å². The third kappa shape index (κ3) is 4.75. The van der Waals surface area contributed by atoms with Crippen molar-refractivity contribution >= 4 is 17.3 Å². The van der Waals surface area contributed by atoms with Gasteiger partial charge < -0.3 is 15.2 Å². The number of rotatable bonds is 6.